The number of likely N-dealkylation sites (N-methyl/N-ethyl adjacent to an activating group) is 1. The molecule has 1 rings (SSSR count). The summed E-state index contributed by atoms with van der Waals surface area (Å²) in [7, 11) is 3.24. The second kappa shape index (κ2) is 8.31. The molecule has 1 atom stereocenters. The highest BCUT2D eigenvalue weighted by molar-refractivity contribution is 5.99. The lowest BCUT2D eigenvalue weighted by Gasteiger charge is -2.22. The summed E-state index contributed by atoms with van der Waals surface area (Å²) < 4.78 is 0. The van der Waals surface area contributed by atoms with E-state index >= 15 is 0 Å². The van der Waals surface area contributed by atoms with Crippen LogP contribution in [0.2, 0.25) is 0 Å². The van der Waals surface area contributed by atoms with Crippen molar-refractivity contribution in [2.45, 2.75) is 26.8 Å². The Morgan fingerprint density at radius 2 is 1.74 bits per heavy atom. The fourth-order valence-electron chi connectivity index (χ4n) is 2.01. The van der Waals surface area contributed by atoms with Crippen molar-refractivity contribution < 1.29 is 14.4 Å². The van der Waals surface area contributed by atoms with Crippen LogP contribution < -0.4 is 10.6 Å². The van der Waals surface area contributed by atoms with Gasteiger partial charge in [-0.15, -0.1) is 0 Å². The van der Waals surface area contributed by atoms with Gasteiger partial charge in [-0.3, -0.25) is 14.4 Å². The van der Waals surface area contributed by atoms with Crippen LogP contribution in [0.3, 0.4) is 0 Å². The Kier molecular flexibility index (Phi) is 6.75. The SMILES string of the molecule is Cc1ccccc1C(=O)N[C@H](C(=O)NCC(=O)N(C)C)C(C)C. The normalized spacial score (nSPS) is 11.7. The molecule has 1 aromatic carbocycles. The summed E-state index contributed by atoms with van der Waals surface area (Å²) in [6.07, 6.45) is 0. The Hall–Kier alpha value is -2.37. The summed E-state index contributed by atoms with van der Waals surface area (Å²) in [6.45, 7) is 5.44. The summed E-state index contributed by atoms with van der Waals surface area (Å²) in [4.78, 5) is 37.6. The predicted octanol–water partition coefficient (Wildman–Crippen LogP) is 0.954. The van der Waals surface area contributed by atoms with Gasteiger partial charge in [-0.1, -0.05) is 32.0 Å². The van der Waals surface area contributed by atoms with Gasteiger partial charge in [0.2, 0.25) is 11.8 Å². The maximum Gasteiger partial charge on any atom is 0.252 e. The van der Waals surface area contributed by atoms with E-state index in [0.29, 0.717) is 5.56 Å². The van der Waals surface area contributed by atoms with E-state index in [9.17, 15) is 14.4 Å². The van der Waals surface area contributed by atoms with Crippen molar-refractivity contribution in [1.29, 1.82) is 0 Å². The van der Waals surface area contributed by atoms with Gasteiger partial charge < -0.3 is 15.5 Å². The van der Waals surface area contributed by atoms with Crippen molar-refractivity contribution in [2.75, 3.05) is 20.6 Å². The topological polar surface area (TPSA) is 78.5 Å². The third kappa shape index (κ3) is 5.39. The first-order chi connectivity index (χ1) is 10.7. The van der Waals surface area contributed by atoms with Crippen molar-refractivity contribution in [1.82, 2.24) is 15.5 Å². The van der Waals surface area contributed by atoms with E-state index < -0.39 is 6.04 Å². The standard InChI is InChI=1S/C17H25N3O3/c1-11(2)15(17(23)18-10-14(21)20(4)5)19-16(22)13-9-7-6-8-12(13)3/h6-9,11,15H,10H2,1-5H3,(H,18,23)(H,19,22)/t15-/m0/s1. The molecular weight excluding hydrogens is 294 g/mol. The average molecular weight is 319 g/mol. The molecule has 6 heteroatoms. The van der Waals surface area contributed by atoms with E-state index in [2.05, 4.69) is 10.6 Å². The molecule has 0 heterocycles. The average Bonchev–Trinajstić information content (AvgIpc) is 2.49. The van der Waals surface area contributed by atoms with E-state index in [4.69, 9.17) is 0 Å². The third-order valence-electron chi connectivity index (χ3n) is 3.54. The lowest BCUT2D eigenvalue weighted by molar-refractivity contribution is -0.131. The fraction of sp³-hybridized carbons (Fsp3) is 0.471. The molecule has 0 radical (unpaired) electrons. The number of carbonyl (C=O) groups excluding carboxylic acids is 3. The fourth-order valence-corrected chi connectivity index (χ4v) is 2.01. The minimum absolute atomic E-state index is 0.0880. The maximum absolute atomic E-state index is 12.4. The highest BCUT2D eigenvalue weighted by atomic mass is 16.2. The van der Waals surface area contributed by atoms with Gasteiger partial charge in [0, 0.05) is 19.7 Å². The maximum atomic E-state index is 12.4. The number of nitrogens with zero attached hydrogens (tertiary/aromatic N) is 1. The van der Waals surface area contributed by atoms with Crippen LogP contribution >= 0.6 is 0 Å². The molecule has 23 heavy (non-hydrogen) atoms. The largest absolute Gasteiger partial charge is 0.347 e. The van der Waals surface area contributed by atoms with Crippen LogP contribution in [0.25, 0.3) is 0 Å². The molecule has 0 aliphatic carbocycles. The molecule has 2 N–H and O–H groups in total. The van der Waals surface area contributed by atoms with Gasteiger partial charge in [0.25, 0.3) is 5.91 Å². The summed E-state index contributed by atoms with van der Waals surface area (Å²) in [6, 6.07) is 6.50. The first-order valence-corrected chi connectivity index (χ1v) is 7.58. The molecule has 0 aliphatic rings. The van der Waals surface area contributed by atoms with Crippen LogP contribution in [0.5, 0.6) is 0 Å². The van der Waals surface area contributed by atoms with Gasteiger partial charge in [0.15, 0.2) is 0 Å². The summed E-state index contributed by atoms with van der Waals surface area (Å²) in [5, 5.41) is 5.32. The molecular formula is C17H25N3O3. The van der Waals surface area contributed by atoms with Gasteiger partial charge in [0.1, 0.15) is 6.04 Å². The number of rotatable bonds is 6. The van der Waals surface area contributed by atoms with Crippen molar-refractivity contribution >= 4 is 17.7 Å². The second-order valence-electron chi connectivity index (χ2n) is 6.02. The lowest BCUT2D eigenvalue weighted by Crippen LogP contribution is -2.51. The highest BCUT2D eigenvalue weighted by Gasteiger charge is 2.25. The Morgan fingerprint density at radius 3 is 2.26 bits per heavy atom. The monoisotopic (exact) mass is 319 g/mol. The van der Waals surface area contributed by atoms with Gasteiger partial charge in [-0.2, -0.15) is 0 Å². The quantitative estimate of drug-likeness (QED) is 0.819. The molecule has 0 unspecified atom stereocenters. The molecule has 0 aromatic heterocycles. The zero-order valence-corrected chi connectivity index (χ0v) is 14.3. The van der Waals surface area contributed by atoms with Gasteiger partial charge in [-0.05, 0) is 24.5 Å². The first-order valence-electron chi connectivity index (χ1n) is 7.58. The number of carbonyl (C=O) groups is 3. The van der Waals surface area contributed by atoms with E-state index in [1.165, 1.54) is 4.90 Å². The smallest absolute Gasteiger partial charge is 0.252 e. The van der Waals surface area contributed by atoms with Crippen molar-refractivity contribution in [2.24, 2.45) is 5.92 Å². The zero-order chi connectivity index (χ0) is 17.6. The summed E-state index contributed by atoms with van der Waals surface area (Å²) >= 11 is 0. The summed E-state index contributed by atoms with van der Waals surface area (Å²) in [5.41, 5.74) is 1.38. The molecule has 3 amide bonds. The molecule has 0 aliphatic heterocycles. The Bertz CT molecular complexity index is 582. The number of hydrogen-bond acceptors (Lipinski definition) is 3. The van der Waals surface area contributed by atoms with Crippen LogP contribution in [0.4, 0.5) is 0 Å². The van der Waals surface area contributed by atoms with E-state index in [-0.39, 0.29) is 30.2 Å². The second-order valence-corrected chi connectivity index (χ2v) is 6.02. The minimum atomic E-state index is -0.697. The summed E-state index contributed by atoms with van der Waals surface area (Å²) in [5.74, 6) is -0.962. The Morgan fingerprint density at radius 1 is 1.13 bits per heavy atom. The zero-order valence-electron chi connectivity index (χ0n) is 14.3. The minimum Gasteiger partial charge on any atom is -0.347 e. The van der Waals surface area contributed by atoms with Crippen LogP contribution in [0.15, 0.2) is 24.3 Å². The van der Waals surface area contributed by atoms with Crippen LogP contribution in [-0.2, 0) is 9.59 Å². The molecule has 0 saturated heterocycles. The number of nitrogens with one attached hydrogen (secondary N) is 2. The molecule has 0 bridgehead atoms. The van der Waals surface area contributed by atoms with Gasteiger partial charge in [-0.25, -0.2) is 0 Å². The van der Waals surface area contributed by atoms with E-state index in [1.54, 1.807) is 26.2 Å². The van der Waals surface area contributed by atoms with Crippen LogP contribution in [0.1, 0.15) is 29.8 Å². The predicted molar refractivity (Wildman–Crippen MR) is 89.0 cm³/mol. The van der Waals surface area contributed by atoms with Gasteiger partial charge in [0.05, 0.1) is 6.54 Å². The third-order valence-corrected chi connectivity index (χ3v) is 3.54. The molecule has 1 aromatic rings. The number of amides is 3. The van der Waals surface area contributed by atoms with Crippen molar-refractivity contribution in [3.05, 3.63) is 35.4 Å². The van der Waals surface area contributed by atoms with Crippen LogP contribution in [-0.4, -0.2) is 49.3 Å². The molecule has 0 saturated carbocycles. The number of aryl methyl sites for hydroxylation is 1. The molecule has 126 valence electrons. The van der Waals surface area contributed by atoms with Crippen LogP contribution in [0, 0.1) is 12.8 Å². The van der Waals surface area contributed by atoms with E-state index in [1.807, 2.05) is 32.9 Å². The van der Waals surface area contributed by atoms with Gasteiger partial charge >= 0.3 is 0 Å². The molecule has 0 spiro atoms. The molecule has 0 fully saturated rings. The van der Waals surface area contributed by atoms with E-state index in [0.717, 1.165) is 5.56 Å². The number of benzene rings is 1. The van der Waals surface area contributed by atoms with Crippen molar-refractivity contribution in [3.8, 4) is 0 Å². The highest BCUT2D eigenvalue weighted by Crippen LogP contribution is 2.09. The molecule has 6 nitrogen and oxygen atoms in total. The Balaban J connectivity index is 2.75. The number of hydrogen-bond donors (Lipinski definition) is 2. The Labute approximate surface area is 137 Å². The van der Waals surface area contributed by atoms with Crippen molar-refractivity contribution in [3.63, 3.8) is 0 Å². The lowest BCUT2D eigenvalue weighted by atomic mass is 10.0. The first kappa shape index (κ1) is 18.7.